The monoisotopic (exact) mass is 238 g/mol. The predicted octanol–water partition coefficient (Wildman–Crippen LogP) is 3.90. The smallest absolute Gasteiger partial charge is 0.123 e. The van der Waals surface area contributed by atoms with Crippen molar-refractivity contribution < 1.29 is 9.50 Å². The lowest BCUT2D eigenvalue weighted by atomic mass is 9.77. The second-order valence-corrected chi connectivity index (χ2v) is 5.72. The Hall–Kier alpha value is -0.890. The molecular weight excluding hydrogens is 215 g/mol. The van der Waals surface area contributed by atoms with Gasteiger partial charge < -0.3 is 5.11 Å². The van der Waals surface area contributed by atoms with E-state index in [-0.39, 0.29) is 11.2 Å². The molecule has 96 valence electrons. The fourth-order valence-corrected chi connectivity index (χ4v) is 1.92. The van der Waals surface area contributed by atoms with Gasteiger partial charge in [-0.05, 0) is 36.5 Å². The molecule has 0 saturated carbocycles. The van der Waals surface area contributed by atoms with Crippen LogP contribution in [-0.2, 0) is 5.41 Å². The molecule has 0 heterocycles. The number of rotatable bonds is 5. The van der Waals surface area contributed by atoms with Gasteiger partial charge >= 0.3 is 0 Å². The van der Waals surface area contributed by atoms with Crippen molar-refractivity contribution in [1.82, 2.24) is 0 Å². The fraction of sp³-hybridized carbons (Fsp3) is 0.600. The van der Waals surface area contributed by atoms with E-state index in [2.05, 4.69) is 13.8 Å². The number of aliphatic hydroxyl groups excluding tert-OH is 1. The Labute approximate surface area is 104 Å². The maximum Gasteiger partial charge on any atom is 0.123 e. The van der Waals surface area contributed by atoms with Gasteiger partial charge in [-0.25, -0.2) is 4.39 Å². The van der Waals surface area contributed by atoms with Crippen LogP contribution in [0.25, 0.3) is 0 Å². The van der Waals surface area contributed by atoms with Crippen LogP contribution in [0.5, 0.6) is 0 Å². The highest BCUT2D eigenvalue weighted by atomic mass is 19.1. The molecule has 1 unspecified atom stereocenters. The molecule has 0 spiro atoms. The summed E-state index contributed by atoms with van der Waals surface area (Å²) in [5, 5.41) is 10.3. The van der Waals surface area contributed by atoms with E-state index in [1.54, 1.807) is 12.1 Å². The van der Waals surface area contributed by atoms with Crippen LogP contribution in [0, 0.1) is 11.7 Å². The minimum Gasteiger partial charge on any atom is -0.392 e. The molecule has 0 aliphatic heterocycles. The Morgan fingerprint density at radius 1 is 1.12 bits per heavy atom. The van der Waals surface area contributed by atoms with Crippen LogP contribution in [0.1, 0.15) is 46.1 Å². The van der Waals surface area contributed by atoms with Crippen LogP contribution in [0.3, 0.4) is 0 Å². The summed E-state index contributed by atoms with van der Waals surface area (Å²) in [7, 11) is 0. The summed E-state index contributed by atoms with van der Waals surface area (Å²) in [6, 6.07) is 6.42. The molecule has 0 fully saturated rings. The van der Waals surface area contributed by atoms with E-state index in [0.29, 0.717) is 5.92 Å². The van der Waals surface area contributed by atoms with Crippen molar-refractivity contribution in [3.8, 4) is 0 Å². The Bertz CT molecular complexity index is 340. The van der Waals surface area contributed by atoms with Gasteiger partial charge in [0.05, 0.1) is 6.10 Å². The number of aliphatic hydroxyl groups is 1. The second-order valence-electron chi connectivity index (χ2n) is 5.72. The molecule has 0 amide bonds. The van der Waals surface area contributed by atoms with Crippen molar-refractivity contribution >= 4 is 0 Å². The highest BCUT2D eigenvalue weighted by Gasteiger charge is 2.29. The Morgan fingerprint density at radius 2 is 1.65 bits per heavy atom. The van der Waals surface area contributed by atoms with Crippen molar-refractivity contribution in [2.75, 3.05) is 0 Å². The summed E-state index contributed by atoms with van der Waals surface area (Å²) in [6.45, 7) is 8.31. The lowest BCUT2D eigenvalue weighted by Gasteiger charge is -2.31. The van der Waals surface area contributed by atoms with E-state index in [0.717, 1.165) is 18.4 Å². The predicted molar refractivity (Wildman–Crippen MR) is 69.5 cm³/mol. The Morgan fingerprint density at radius 3 is 2.12 bits per heavy atom. The molecule has 0 aromatic heterocycles. The number of hydrogen-bond donors (Lipinski definition) is 1. The fourth-order valence-electron chi connectivity index (χ4n) is 1.92. The standard InChI is InChI=1S/C15H23FO/c1-11(2)5-10-14(17)15(3,4)12-6-8-13(16)9-7-12/h6-9,11,14,17H,5,10H2,1-4H3. The van der Waals surface area contributed by atoms with Gasteiger partial charge in [0.2, 0.25) is 0 Å². The van der Waals surface area contributed by atoms with E-state index in [9.17, 15) is 9.50 Å². The zero-order valence-electron chi connectivity index (χ0n) is 11.2. The molecule has 0 radical (unpaired) electrons. The quantitative estimate of drug-likeness (QED) is 0.824. The highest BCUT2D eigenvalue weighted by molar-refractivity contribution is 5.25. The van der Waals surface area contributed by atoms with Crippen molar-refractivity contribution in [2.45, 2.75) is 52.1 Å². The third-order valence-electron chi connectivity index (χ3n) is 3.44. The molecular formula is C15H23FO. The molecule has 1 nitrogen and oxygen atoms in total. The minimum atomic E-state index is -0.393. The van der Waals surface area contributed by atoms with Gasteiger partial charge in [-0.3, -0.25) is 0 Å². The van der Waals surface area contributed by atoms with Crippen LogP contribution in [0.4, 0.5) is 4.39 Å². The van der Waals surface area contributed by atoms with Gasteiger partial charge in [0.15, 0.2) is 0 Å². The van der Waals surface area contributed by atoms with Crippen LogP contribution in [0.2, 0.25) is 0 Å². The average molecular weight is 238 g/mol. The number of benzene rings is 1. The van der Waals surface area contributed by atoms with Crippen molar-refractivity contribution in [3.05, 3.63) is 35.6 Å². The number of halogens is 1. The Balaban J connectivity index is 2.75. The SMILES string of the molecule is CC(C)CCC(O)C(C)(C)c1ccc(F)cc1. The molecule has 0 aliphatic rings. The second kappa shape index (κ2) is 5.63. The molecule has 17 heavy (non-hydrogen) atoms. The zero-order chi connectivity index (χ0) is 13.1. The van der Waals surface area contributed by atoms with E-state index >= 15 is 0 Å². The Kier molecular flexibility index (Phi) is 4.70. The maximum atomic E-state index is 12.9. The van der Waals surface area contributed by atoms with Crippen molar-refractivity contribution in [2.24, 2.45) is 5.92 Å². The average Bonchev–Trinajstić information content (AvgIpc) is 2.26. The third-order valence-corrected chi connectivity index (χ3v) is 3.44. The van der Waals surface area contributed by atoms with Crippen LogP contribution in [-0.4, -0.2) is 11.2 Å². The first-order valence-electron chi connectivity index (χ1n) is 6.28. The zero-order valence-corrected chi connectivity index (χ0v) is 11.2. The molecule has 0 bridgehead atoms. The summed E-state index contributed by atoms with van der Waals surface area (Å²) >= 11 is 0. The van der Waals surface area contributed by atoms with Gasteiger partial charge in [0.1, 0.15) is 5.82 Å². The normalized spacial score (nSPS) is 14.1. The first kappa shape index (κ1) is 14.2. The van der Waals surface area contributed by atoms with Gasteiger partial charge in [-0.2, -0.15) is 0 Å². The first-order valence-corrected chi connectivity index (χ1v) is 6.28. The van der Waals surface area contributed by atoms with Crippen molar-refractivity contribution in [1.29, 1.82) is 0 Å². The summed E-state index contributed by atoms with van der Waals surface area (Å²) in [5.74, 6) is 0.356. The molecule has 0 aliphatic carbocycles. The van der Waals surface area contributed by atoms with Crippen LogP contribution >= 0.6 is 0 Å². The molecule has 1 aromatic carbocycles. The molecule has 2 heteroatoms. The van der Waals surface area contributed by atoms with E-state index in [1.807, 2.05) is 13.8 Å². The lowest BCUT2D eigenvalue weighted by Crippen LogP contribution is -2.33. The molecule has 1 atom stereocenters. The van der Waals surface area contributed by atoms with Crippen molar-refractivity contribution in [3.63, 3.8) is 0 Å². The lowest BCUT2D eigenvalue weighted by molar-refractivity contribution is 0.0856. The summed E-state index contributed by atoms with van der Waals surface area (Å²) < 4.78 is 12.9. The molecule has 0 saturated heterocycles. The summed E-state index contributed by atoms with van der Waals surface area (Å²) in [4.78, 5) is 0. The number of hydrogen-bond acceptors (Lipinski definition) is 1. The maximum absolute atomic E-state index is 12.9. The molecule has 1 aromatic rings. The van der Waals surface area contributed by atoms with Crippen LogP contribution in [0.15, 0.2) is 24.3 Å². The summed E-state index contributed by atoms with van der Waals surface area (Å²) in [5.41, 5.74) is 0.651. The van der Waals surface area contributed by atoms with E-state index < -0.39 is 6.10 Å². The van der Waals surface area contributed by atoms with Gasteiger partial charge in [-0.1, -0.05) is 39.8 Å². The molecule has 1 N–H and O–H groups in total. The summed E-state index contributed by atoms with van der Waals surface area (Å²) in [6.07, 6.45) is 1.39. The highest BCUT2D eigenvalue weighted by Crippen LogP contribution is 2.30. The van der Waals surface area contributed by atoms with E-state index in [4.69, 9.17) is 0 Å². The minimum absolute atomic E-state index is 0.235. The molecule has 1 rings (SSSR count). The van der Waals surface area contributed by atoms with Gasteiger partial charge in [-0.15, -0.1) is 0 Å². The largest absolute Gasteiger partial charge is 0.392 e. The third kappa shape index (κ3) is 3.81. The first-order chi connectivity index (χ1) is 7.84. The van der Waals surface area contributed by atoms with Gasteiger partial charge in [0.25, 0.3) is 0 Å². The van der Waals surface area contributed by atoms with Crippen LogP contribution < -0.4 is 0 Å². The topological polar surface area (TPSA) is 20.2 Å². The van der Waals surface area contributed by atoms with E-state index in [1.165, 1.54) is 12.1 Å². The van der Waals surface area contributed by atoms with Gasteiger partial charge in [0, 0.05) is 5.41 Å².